The molecule has 5 rings (SSSR count). The molecular weight excluding hydrogens is 448 g/mol. The molecular formula is C26H22N4O3S. The van der Waals surface area contributed by atoms with Crippen LogP contribution in [0.2, 0.25) is 0 Å². The van der Waals surface area contributed by atoms with Gasteiger partial charge < -0.3 is 20.3 Å². The quantitative estimate of drug-likeness (QED) is 0.376. The van der Waals surface area contributed by atoms with Gasteiger partial charge in [-0.15, -0.1) is 11.3 Å². The van der Waals surface area contributed by atoms with Crippen LogP contribution in [-0.4, -0.2) is 28.2 Å². The average Bonchev–Trinajstić information content (AvgIpc) is 3.47. The van der Waals surface area contributed by atoms with E-state index >= 15 is 0 Å². The number of carbonyl (C=O) groups is 2. The highest BCUT2D eigenvalue weighted by molar-refractivity contribution is 7.13. The Morgan fingerprint density at radius 2 is 1.82 bits per heavy atom. The number of nitrogens with zero attached hydrogens (tertiary/aromatic N) is 2. The van der Waals surface area contributed by atoms with Crippen molar-refractivity contribution in [2.75, 3.05) is 17.2 Å². The molecule has 1 aliphatic heterocycles. The van der Waals surface area contributed by atoms with Crippen LogP contribution in [0, 0.1) is 0 Å². The lowest BCUT2D eigenvalue weighted by atomic mass is 10.1. The third kappa shape index (κ3) is 5.07. The molecule has 4 aromatic rings. The van der Waals surface area contributed by atoms with Crippen LogP contribution >= 0.6 is 11.3 Å². The normalized spacial score (nSPS) is 12.4. The van der Waals surface area contributed by atoms with Crippen LogP contribution in [0.1, 0.15) is 21.5 Å². The van der Waals surface area contributed by atoms with Gasteiger partial charge >= 0.3 is 0 Å². The molecule has 0 saturated carbocycles. The molecule has 0 unspecified atom stereocenters. The van der Waals surface area contributed by atoms with Crippen molar-refractivity contribution in [1.82, 2.24) is 9.88 Å². The highest BCUT2D eigenvalue weighted by atomic mass is 32.1. The van der Waals surface area contributed by atoms with Crippen LogP contribution < -0.4 is 15.4 Å². The zero-order chi connectivity index (χ0) is 23.3. The number of anilines is 3. The number of aromatic nitrogens is 1. The zero-order valence-electron chi connectivity index (χ0n) is 18.2. The highest BCUT2D eigenvalue weighted by Gasteiger charge is 2.29. The minimum Gasteiger partial charge on any atom is -0.489 e. The van der Waals surface area contributed by atoms with E-state index in [2.05, 4.69) is 15.6 Å². The fourth-order valence-corrected chi connectivity index (χ4v) is 4.29. The van der Waals surface area contributed by atoms with Gasteiger partial charge in [0.05, 0.1) is 0 Å². The number of amides is 2. The van der Waals surface area contributed by atoms with E-state index in [1.165, 1.54) is 16.2 Å². The Morgan fingerprint density at radius 1 is 1.03 bits per heavy atom. The third-order valence-electron chi connectivity index (χ3n) is 5.39. The first-order valence-corrected chi connectivity index (χ1v) is 11.7. The smallest absolute Gasteiger partial charge is 0.254 e. The van der Waals surface area contributed by atoms with E-state index in [1.807, 2.05) is 66.7 Å². The topological polar surface area (TPSA) is 83.6 Å². The molecule has 3 aromatic carbocycles. The van der Waals surface area contributed by atoms with Gasteiger partial charge in [0.1, 0.15) is 18.9 Å². The second-order valence-corrected chi connectivity index (χ2v) is 8.74. The van der Waals surface area contributed by atoms with Crippen molar-refractivity contribution in [2.45, 2.75) is 13.2 Å². The fourth-order valence-electron chi connectivity index (χ4n) is 3.75. The molecule has 0 spiro atoms. The monoisotopic (exact) mass is 470 g/mol. The first-order chi connectivity index (χ1) is 16.6. The molecule has 7 nitrogen and oxygen atoms in total. The number of hydrogen-bond acceptors (Lipinski definition) is 6. The maximum absolute atomic E-state index is 12.7. The van der Waals surface area contributed by atoms with Gasteiger partial charge in [0, 0.05) is 35.1 Å². The SMILES string of the molecule is O=C(CN1Cc2cc(Nc3ccc(OCc4ccccc4)cc3)ccc2C1=O)Nc1nccs1. The maximum atomic E-state index is 12.7. The standard InChI is InChI=1S/C26H22N4O3S/c31-24(29-26-27-12-13-34-26)16-30-15-19-14-21(8-11-23(19)25(30)32)28-20-6-9-22(10-7-20)33-17-18-4-2-1-3-5-18/h1-14,28H,15-17H2,(H,27,29,31). The molecule has 1 aromatic heterocycles. The average molecular weight is 471 g/mol. The molecule has 0 atom stereocenters. The lowest BCUT2D eigenvalue weighted by molar-refractivity contribution is -0.116. The Balaban J connectivity index is 1.18. The van der Waals surface area contributed by atoms with Gasteiger partial charge in [-0.2, -0.15) is 0 Å². The summed E-state index contributed by atoms with van der Waals surface area (Å²) in [4.78, 5) is 30.5. The van der Waals surface area contributed by atoms with E-state index < -0.39 is 0 Å². The van der Waals surface area contributed by atoms with Crippen molar-refractivity contribution in [3.8, 4) is 5.75 Å². The largest absolute Gasteiger partial charge is 0.489 e. The molecule has 170 valence electrons. The van der Waals surface area contributed by atoms with Crippen LogP contribution in [0.4, 0.5) is 16.5 Å². The van der Waals surface area contributed by atoms with Gasteiger partial charge in [0.15, 0.2) is 5.13 Å². The predicted molar refractivity (Wildman–Crippen MR) is 132 cm³/mol. The predicted octanol–water partition coefficient (Wildman–Crippen LogP) is 5.06. The number of benzene rings is 3. The van der Waals surface area contributed by atoms with E-state index in [0.717, 1.165) is 28.3 Å². The summed E-state index contributed by atoms with van der Waals surface area (Å²) in [5.41, 5.74) is 4.42. The summed E-state index contributed by atoms with van der Waals surface area (Å²) in [7, 11) is 0. The minimum absolute atomic E-state index is 0.0136. The van der Waals surface area contributed by atoms with Crippen molar-refractivity contribution >= 4 is 39.7 Å². The Hall–Kier alpha value is -4.17. The van der Waals surface area contributed by atoms with Gasteiger partial charge in [-0.3, -0.25) is 9.59 Å². The summed E-state index contributed by atoms with van der Waals surface area (Å²) in [6, 6.07) is 23.4. The molecule has 2 N–H and O–H groups in total. The first kappa shape index (κ1) is 21.7. The van der Waals surface area contributed by atoms with Crippen LogP contribution in [0.25, 0.3) is 0 Å². The molecule has 34 heavy (non-hydrogen) atoms. The molecule has 0 aliphatic carbocycles. The van der Waals surface area contributed by atoms with Gasteiger partial charge in [0.25, 0.3) is 5.91 Å². The number of hydrogen-bond donors (Lipinski definition) is 2. The summed E-state index contributed by atoms with van der Waals surface area (Å²) in [6.45, 7) is 0.895. The second-order valence-electron chi connectivity index (χ2n) is 7.84. The van der Waals surface area contributed by atoms with Crippen LogP contribution in [0.15, 0.2) is 84.4 Å². The number of carbonyl (C=O) groups excluding carboxylic acids is 2. The van der Waals surface area contributed by atoms with E-state index in [9.17, 15) is 9.59 Å². The molecule has 2 heterocycles. The fraction of sp³-hybridized carbons (Fsp3) is 0.115. The van der Waals surface area contributed by atoms with Gasteiger partial charge in [-0.1, -0.05) is 30.3 Å². The number of ether oxygens (including phenoxy) is 1. The van der Waals surface area contributed by atoms with E-state index in [1.54, 1.807) is 17.6 Å². The Bertz CT molecular complexity index is 1290. The van der Waals surface area contributed by atoms with Gasteiger partial charge in [-0.05, 0) is 53.6 Å². The molecule has 1 aliphatic rings. The summed E-state index contributed by atoms with van der Waals surface area (Å²) in [5.74, 6) is 0.389. The number of fused-ring (bicyclic) bond motifs is 1. The van der Waals surface area contributed by atoms with Crippen molar-refractivity contribution in [1.29, 1.82) is 0 Å². The lowest BCUT2D eigenvalue weighted by Gasteiger charge is -2.14. The highest BCUT2D eigenvalue weighted by Crippen LogP contribution is 2.28. The van der Waals surface area contributed by atoms with Crippen LogP contribution in [0.5, 0.6) is 5.75 Å². The maximum Gasteiger partial charge on any atom is 0.254 e. The molecule has 2 amide bonds. The van der Waals surface area contributed by atoms with Crippen LogP contribution in [0.3, 0.4) is 0 Å². The lowest BCUT2D eigenvalue weighted by Crippen LogP contribution is -2.33. The Labute approximate surface area is 201 Å². The summed E-state index contributed by atoms with van der Waals surface area (Å²) < 4.78 is 5.84. The molecule has 0 fully saturated rings. The Kier molecular flexibility index (Phi) is 6.22. The van der Waals surface area contributed by atoms with Crippen molar-refractivity contribution in [2.24, 2.45) is 0 Å². The molecule has 0 saturated heterocycles. The van der Waals surface area contributed by atoms with Crippen LogP contribution in [-0.2, 0) is 17.9 Å². The zero-order valence-corrected chi connectivity index (χ0v) is 19.0. The minimum atomic E-state index is -0.260. The van der Waals surface area contributed by atoms with E-state index in [0.29, 0.717) is 23.8 Å². The first-order valence-electron chi connectivity index (χ1n) is 10.8. The number of nitrogens with one attached hydrogen (secondary N) is 2. The number of thiazole rings is 1. The van der Waals surface area contributed by atoms with Gasteiger partial charge in [-0.25, -0.2) is 4.98 Å². The summed E-state index contributed by atoms with van der Waals surface area (Å²) >= 11 is 1.34. The molecule has 0 radical (unpaired) electrons. The van der Waals surface area contributed by atoms with Crippen molar-refractivity contribution < 1.29 is 14.3 Å². The van der Waals surface area contributed by atoms with Crippen molar-refractivity contribution in [3.63, 3.8) is 0 Å². The summed E-state index contributed by atoms with van der Waals surface area (Å²) in [6.07, 6.45) is 1.62. The van der Waals surface area contributed by atoms with E-state index in [4.69, 9.17) is 4.74 Å². The van der Waals surface area contributed by atoms with E-state index in [-0.39, 0.29) is 18.4 Å². The molecule has 8 heteroatoms. The van der Waals surface area contributed by atoms with Crippen molar-refractivity contribution in [3.05, 3.63) is 101 Å². The second kappa shape index (κ2) is 9.76. The third-order valence-corrected chi connectivity index (χ3v) is 6.08. The Morgan fingerprint density at radius 3 is 2.59 bits per heavy atom. The van der Waals surface area contributed by atoms with Gasteiger partial charge in [0.2, 0.25) is 5.91 Å². The number of rotatable bonds is 8. The summed E-state index contributed by atoms with van der Waals surface area (Å²) in [5, 5.41) is 8.39. The molecule has 0 bridgehead atoms.